The lowest BCUT2D eigenvalue weighted by Gasteiger charge is -2.22. The molecule has 0 radical (unpaired) electrons. The monoisotopic (exact) mass is 1240 g/mol. The van der Waals surface area contributed by atoms with Gasteiger partial charge in [0.15, 0.2) is 11.9 Å². The van der Waals surface area contributed by atoms with Crippen LogP contribution in [-0.4, -0.2) is 138 Å². The molecular formula is C58H106F6N12O10. The van der Waals surface area contributed by atoms with E-state index in [9.17, 15) is 55.1 Å². The van der Waals surface area contributed by atoms with Gasteiger partial charge in [0, 0.05) is 64.3 Å². The van der Waals surface area contributed by atoms with Gasteiger partial charge in [0.2, 0.25) is 35.4 Å². The molecule has 0 aromatic carbocycles. The molecule has 2 atom stereocenters. The van der Waals surface area contributed by atoms with Gasteiger partial charge in [-0.15, -0.1) is 0 Å². The number of carbonyl (C=O) groups excluding carboxylic acids is 6. The summed E-state index contributed by atoms with van der Waals surface area (Å²) in [5.74, 6) is -8.35. The molecule has 0 unspecified atom stereocenters. The Morgan fingerprint density at radius 3 is 1.07 bits per heavy atom. The van der Waals surface area contributed by atoms with Crippen molar-refractivity contribution >= 4 is 59.3 Å². The zero-order valence-corrected chi connectivity index (χ0v) is 51.3. The average Bonchev–Trinajstić information content (AvgIpc) is 3.65. The summed E-state index contributed by atoms with van der Waals surface area (Å²) >= 11 is 0. The standard InChI is InChI=1S/C54H104N12O6.2C2HF3O2/c1-3-5-7-9-11-13-15-17-19-21-23-25-27-35-47(67)60-41-31-43-66(44-32-42-61-48(68)36-28-26-24-22-20-18-16-14-12-10-8-6-4-2)50(70)38-37-49(69)64-46(34-30-40-63-54(58)59)52(72)65-45(51(55)71)33-29-39-62-53(56)57;2*3-2(4,5)1(6)7/h37-38,45-46H,3-36,39-44H2,1-2H3,(H2,55,71)(H,60,67)(H,61,68)(H,64,69)(H,65,72)(H4,56,57,62)(H4,58,59,63);2*(H,6,7)/b38-37-;;/t45-,46-;;/m0../s1. The van der Waals surface area contributed by atoms with Gasteiger partial charge in [-0.05, 0) is 51.4 Å². The first-order valence-corrected chi connectivity index (χ1v) is 30.8. The molecule has 0 aromatic rings. The molecule has 0 aliphatic carbocycles. The maximum Gasteiger partial charge on any atom is 0.490 e. The average molecular weight is 1250 g/mol. The highest BCUT2D eigenvalue weighted by atomic mass is 19.4. The topological polar surface area (TPSA) is 383 Å². The Kier molecular flexibility index (Phi) is 53.8. The lowest BCUT2D eigenvalue weighted by Crippen LogP contribution is -2.52. The number of carboxylic acid groups (broad SMARTS) is 2. The molecule has 0 spiro atoms. The SMILES string of the molecule is CCCCCCCCCCCCCCCC(=O)NCCCN(CCCNC(=O)CCCCCCCCCCCCCCC)C(=O)/C=C\C(=O)N[C@@H](CCCN=C(N)N)C(=O)N[C@@H](CCCN=C(N)N)C(N)=O.O=C(O)C(F)(F)F.O=C(O)C(F)(F)F. The predicted octanol–water partition coefficient (Wildman–Crippen LogP) is 8.18. The summed E-state index contributed by atoms with van der Waals surface area (Å²) in [6, 6.07) is -2.17. The molecule has 28 heteroatoms. The number of primary amides is 1. The van der Waals surface area contributed by atoms with Crippen molar-refractivity contribution in [3.63, 3.8) is 0 Å². The Morgan fingerprint density at radius 1 is 0.453 bits per heavy atom. The minimum absolute atomic E-state index is 0.0105. The molecule has 0 heterocycles. The van der Waals surface area contributed by atoms with E-state index in [2.05, 4.69) is 45.1 Å². The number of rotatable bonds is 50. The van der Waals surface area contributed by atoms with Crippen molar-refractivity contribution < 1.29 is 74.9 Å². The summed E-state index contributed by atoms with van der Waals surface area (Å²) in [5, 5.41) is 25.4. The van der Waals surface area contributed by atoms with E-state index in [-0.39, 0.29) is 49.7 Å². The number of nitrogens with two attached hydrogens (primary N) is 5. The highest BCUT2D eigenvalue weighted by Gasteiger charge is 2.39. The van der Waals surface area contributed by atoms with Crippen LogP contribution >= 0.6 is 0 Å². The van der Waals surface area contributed by atoms with Gasteiger partial charge in [0.25, 0.3) is 0 Å². The van der Waals surface area contributed by atoms with Crippen molar-refractivity contribution in [2.45, 2.75) is 257 Å². The Bertz CT molecular complexity index is 1870. The van der Waals surface area contributed by atoms with Crippen LogP contribution in [0.4, 0.5) is 26.3 Å². The number of guanidine groups is 2. The number of amides is 6. The molecular weight excluding hydrogens is 1140 g/mol. The minimum Gasteiger partial charge on any atom is -0.475 e. The number of halogens is 6. The van der Waals surface area contributed by atoms with Gasteiger partial charge in [-0.3, -0.25) is 38.8 Å². The van der Waals surface area contributed by atoms with Crippen LogP contribution in [0.2, 0.25) is 0 Å². The number of carboxylic acids is 2. The maximum absolute atomic E-state index is 13.6. The van der Waals surface area contributed by atoms with Crippen molar-refractivity contribution in [3.8, 4) is 0 Å². The highest BCUT2D eigenvalue weighted by Crippen LogP contribution is 2.16. The summed E-state index contributed by atoms with van der Waals surface area (Å²) in [6.45, 7) is 6.29. The molecule has 0 bridgehead atoms. The summed E-state index contributed by atoms with van der Waals surface area (Å²) in [4.78, 5) is 105. The van der Waals surface area contributed by atoms with Crippen molar-refractivity contribution in [2.75, 3.05) is 39.3 Å². The van der Waals surface area contributed by atoms with E-state index in [4.69, 9.17) is 48.5 Å². The van der Waals surface area contributed by atoms with Crippen molar-refractivity contribution in [2.24, 2.45) is 38.7 Å². The van der Waals surface area contributed by atoms with E-state index in [1.165, 1.54) is 128 Å². The Morgan fingerprint density at radius 2 is 0.767 bits per heavy atom. The summed E-state index contributed by atoms with van der Waals surface area (Å²) < 4.78 is 63.5. The third kappa shape index (κ3) is 58.0. The number of nitrogens with one attached hydrogen (secondary N) is 4. The summed E-state index contributed by atoms with van der Waals surface area (Å²) in [6.07, 6.45) is 27.1. The normalized spacial score (nSPS) is 11.8. The van der Waals surface area contributed by atoms with E-state index < -0.39 is 60.0 Å². The number of nitrogens with zero attached hydrogens (tertiary/aromatic N) is 3. The molecule has 22 nitrogen and oxygen atoms in total. The fourth-order valence-corrected chi connectivity index (χ4v) is 8.42. The first kappa shape index (κ1) is 83.8. The van der Waals surface area contributed by atoms with Gasteiger partial charge in [-0.1, -0.05) is 168 Å². The third-order valence-electron chi connectivity index (χ3n) is 13.2. The Balaban J connectivity index is -0.00000434. The molecule has 500 valence electrons. The number of carbonyl (C=O) groups is 8. The van der Waals surface area contributed by atoms with Crippen LogP contribution in [-0.2, 0) is 38.4 Å². The van der Waals surface area contributed by atoms with Crippen molar-refractivity contribution in [3.05, 3.63) is 12.2 Å². The number of unbranched alkanes of at least 4 members (excludes halogenated alkanes) is 24. The smallest absolute Gasteiger partial charge is 0.475 e. The van der Waals surface area contributed by atoms with Crippen LogP contribution in [0.3, 0.4) is 0 Å². The lowest BCUT2D eigenvalue weighted by atomic mass is 10.0. The highest BCUT2D eigenvalue weighted by molar-refractivity contribution is 5.99. The zero-order valence-electron chi connectivity index (χ0n) is 51.3. The summed E-state index contributed by atoms with van der Waals surface area (Å²) in [7, 11) is 0. The molecule has 16 N–H and O–H groups in total. The van der Waals surface area contributed by atoms with E-state index in [1.54, 1.807) is 4.90 Å². The van der Waals surface area contributed by atoms with Gasteiger partial charge >= 0.3 is 24.3 Å². The molecule has 0 aliphatic rings. The largest absolute Gasteiger partial charge is 0.490 e. The van der Waals surface area contributed by atoms with E-state index in [1.807, 2.05) is 0 Å². The van der Waals surface area contributed by atoms with Crippen molar-refractivity contribution in [1.82, 2.24) is 26.2 Å². The number of hydrogen-bond donors (Lipinski definition) is 11. The fraction of sp³-hybridized carbons (Fsp3) is 0.793. The van der Waals surface area contributed by atoms with Crippen LogP contribution in [0.15, 0.2) is 22.1 Å². The first-order valence-electron chi connectivity index (χ1n) is 30.8. The second-order valence-corrected chi connectivity index (χ2v) is 21.1. The molecule has 6 amide bonds. The number of alkyl halides is 6. The molecule has 0 aliphatic heterocycles. The number of hydrogen-bond acceptors (Lipinski definition) is 10. The molecule has 86 heavy (non-hydrogen) atoms. The Hall–Kier alpha value is -6.38. The number of aliphatic carboxylic acids is 2. The molecule has 0 rings (SSSR count). The van der Waals surface area contributed by atoms with Crippen LogP contribution in [0.1, 0.15) is 232 Å². The van der Waals surface area contributed by atoms with Crippen LogP contribution in [0.5, 0.6) is 0 Å². The van der Waals surface area contributed by atoms with Gasteiger partial charge < -0.3 is 65.0 Å². The summed E-state index contributed by atoms with van der Waals surface area (Å²) in [5.41, 5.74) is 27.2. The van der Waals surface area contributed by atoms with E-state index >= 15 is 0 Å². The first-order chi connectivity index (χ1) is 40.7. The molecule has 0 fully saturated rings. The maximum atomic E-state index is 13.6. The Labute approximate surface area is 505 Å². The van der Waals surface area contributed by atoms with E-state index in [0.29, 0.717) is 64.7 Å². The lowest BCUT2D eigenvalue weighted by molar-refractivity contribution is -0.193. The van der Waals surface area contributed by atoms with Gasteiger partial charge in [0.05, 0.1) is 0 Å². The predicted molar refractivity (Wildman–Crippen MR) is 322 cm³/mol. The van der Waals surface area contributed by atoms with Crippen molar-refractivity contribution in [1.29, 1.82) is 0 Å². The van der Waals surface area contributed by atoms with Crippen LogP contribution < -0.4 is 49.9 Å². The van der Waals surface area contributed by atoms with Crippen LogP contribution in [0.25, 0.3) is 0 Å². The van der Waals surface area contributed by atoms with Crippen LogP contribution in [0, 0.1) is 0 Å². The molecule has 0 aromatic heterocycles. The number of aliphatic imine (C=N–C) groups is 2. The van der Waals surface area contributed by atoms with Gasteiger partial charge in [-0.25, -0.2) is 9.59 Å². The van der Waals surface area contributed by atoms with Gasteiger partial charge in [-0.2, -0.15) is 26.3 Å². The van der Waals surface area contributed by atoms with E-state index in [0.717, 1.165) is 50.7 Å². The third-order valence-corrected chi connectivity index (χ3v) is 13.2. The minimum atomic E-state index is -5.08. The second kappa shape index (κ2) is 55.2. The molecule has 0 saturated carbocycles. The molecule has 0 saturated heterocycles. The fourth-order valence-electron chi connectivity index (χ4n) is 8.42. The van der Waals surface area contributed by atoms with Gasteiger partial charge in [0.1, 0.15) is 12.1 Å². The zero-order chi connectivity index (χ0) is 65.4. The quantitative estimate of drug-likeness (QED) is 0.00900. The second-order valence-electron chi connectivity index (χ2n) is 21.1.